The van der Waals surface area contributed by atoms with Gasteiger partial charge in [-0.1, -0.05) is 12.1 Å². The average Bonchev–Trinajstić information content (AvgIpc) is 2.74. The summed E-state index contributed by atoms with van der Waals surface area (Å²) in [5.74, 6) is -2.55. The molecule has 2 rings (SSSR count). The summed E-state index contributed by atoms with van der Waals surface area (Å²) in [6.07, 6.45) is -0.924. The summed E-state index contributed by atoms with van der Waals surface area (Å²) in [6, 6.07) is 3.27. The van der Waals surface area contributed by atoms with Crippen molar-refractivity contribution in [1.82, 2.24) is 4.90 Å². The SMILES string of the molecule is Cc1cccc(C(=O)N2C[C@@H](O)C[C@H]2C(=O)O)c1F. The molecule has 0 saturated carbocycles. The molecule has 0 aromatic heterocycles. The zero-order valence-corrected chi connectivity index (χ0v) is 10.3. The number of amides is 1. The van der Waals surface area contributed by atoms with Crippen LogP contribution in [-0.2, 0) is 4.79 Å². The molecule has 0 bridgehead atoms. The van der Waals surface area contributed by atoms with E-state index in [1.165, 1.54) is 25.1 Å². The molecule has 1 aliphatic rings. The van der Waals surface area contributed by atoms with Crippen LogP contribution in [0.15, 0.2) is 18.2 Å². The first kappa shape index (κ1) is 13.5. The van der Waals surface area contributed by atoms with E-state index in [9.17, 15) is 19.1 Å². The second-order valence-corrected chi connectivity index (χ2v) is 4.64. The molecule has 0 radical (unpaired) electrons. The minimum atomic E-state index is -1.20. The molecule has 1 fully saturated rings. The molecule has 102 valence electrons. The van der Waals surface area contributed by atoms with Crippen molar-refractivity contribution in [2.24, 2.45) is 0 Å². The van der Waals surface area contributed by atoms with Crippen molar-refractivity contribution in [2.45, 2.75) is 25.5 Å². The first-order chi connectivity index (χ1) is 8.91. The van der Waals surface area contributed by atoms with Gasteiger partial charge in [-0.2, -0.15) is 0 Å². The molecule has 2 N–H and O–H groups in total. The molecule has 1 saturated heterocycles. The van der Waals surface area contributed by atoms with Gasteiger partial charge in [0.1, 0.15) is 11.9 Å². The van der Waals surface area contributed by atoms with Gasteiger partial charge in [0.25, 0.3) is 5.91 Å². The zero-order chi connectivity index (χ0) is 14.2. The second-order valence-electron chi connectivity index (χ2n) is 4.64. The van der Waals surface area contributed by atoms with Crippen LogP contribution in [-0.4, -0.2) is 45.7 Å². The number of carboxylic acids is 1. The fourth-order valence-corrected chi connectivity index (χ4v) is 2.24. The summed E-state index contributed by atoms with van der Waals surface area (Å²) in [5, 5.41) is 18.5. The van der Waals surface area contributed by atoms with E-state index in [4.69, 9.17) is 5.11 Å². The van der Waals surface area contributed by atoms with Crippen LogP contribution in [0.25, 0.3) is 0 Å². The standard InChI is InChI=1S/C13H14FNO4/c1-7-3-2-4-9(11(7)14)12(17)15-6-8(16)5-10(15)13(18)19/h2-4,8,10,16H,5-6H2,1H3,(H,18,19)/t8-,10-/m0/s1. The van der Waals surface area contributed by atoms with Gasteiger partial charge in [0.15, 0.2) is 0 Å². The Morgan fingerprint density at radius 3 is 2.74 bits per heavy atom. The van der Waals surface area contributed by atoms with Crippen LogP contribution in [0.4, 0.5) is 4.39 Å². The first-order valence-electron chi connectivity index (χ1n) is 5.88. The number of benzene rings is 1. The molecule has 1 heterocycles. The van der Waals surface area contributed by atoms with E-state index in [1.54, 1.807) is 0 Å². The van der Waals surface area contributed by atoms with Gasteiger partial charge in [-0.15, -0.1) is 0 Å². The topological polar surface area (TPSA) is 77.8 Å². The predicted octanol–water partition coefficient (Wildman–Crippen LogP) is 0.794. The molecule has 2 atom stereocenters. The summed E-state index contributed by atoms with van der Waals surface area (Å²) in [5.41, 5.74) is 0.151. The lowest BCUT2D eigenvalue weighted by Crippen LogP contribution is -2.41. The molecule has 1 amide bonds. The summed E-state index contributed by atoms with van der Waals surface area (Å²) in [7, 11) is 0. The van der Waals surface area contributed by atoms with Crippen LogP contribution >= 0.6 is 0 Å². The van der Waals surface area contributed by atoms with Gasteiger partial charge in [-0.25, -0.2) is 9.18 Å². The average molecular weight is 267 g/mol. The van der Waals surface area contributed by atoms with Gasteiger partial charge in [-0.05, 0) is 18.6 Å². The Kier molecular flexibility index (Phi) is 3.53. The van der Waals surface area contributed by atoms with Crippen LogP contribution in [0, 0.1) is 12.7 Å². The van der Waals surface area contributed by atoms with E-state index in [-0.39, 0.29) is 18.5 Å². The van der Waals surface area contributed by atoms with E-state index >= 15 is 0 Å². The Bertz CT molecular complexity index is 531. The smallest absolute Gasteiger partial charge is 0.326 e. The molecule has 1 aromatic rings. The van der Waals surface area contributed by atoms with E-state index in [2.05, 4.69) is 0 Å². The van der Waals surface area contributed by atoms with Crippen LogP contribution in [0.1, 0.15) is 22.3 Å². The van der Waals surface area contributed by atoms with Crippen molar-refractivity contribution < 1.29 is 24.2 Å². The quantitative estimate of drug-likeness (QED) is 0.830. The number of likely N-dealkylation sites (tertiary alicyclic amines) is 1. The summed E-state index contributed by atoms with van der Waals surface area (Å²) >= 11 is 0. The van der Waals surface area contributed by atoms with Crippen molar-refractivity contribution >= 4 is 11.9 Å². The zero-order valence-electron chi connectivity index (χ0n) is 10.3. The van der Waals surface area contributed by atoms with Crippen LogP contribution in [0.2, 0.25) is 0 Å². The lowest BCUT2D eigenvalue weighted by molar-refractivity contribution is -0.141. The Hall–Kier alpha value is -1.95. The molecule has 1 aromatic carbocycles. The van der Waals surface area contributed by atoms with Gasteiger partial charge < -0.3 is 15.1 Å². The van der Waals surface area contributed by atoms with Crippen LogP contribution in [0.5, 0.6) is 0 Å². The first-order valence-corrected chi connectivity index (χ1v) is 5.88. The molecular weight excluding hydrogens is 253 g/mol. The number of carboxylic acid groups (broad SMARTS) is 1. The maximum atomic E-state index is 13.9. The van der Waals surface area contributed by atoms with E-state index < -0.39 is 29.8 Å². The van der Waals surface area contributed by atoms with Gasteiger partial charge in [0.05, 0.1) is 11.7 Å². The maximum Gasteiger partial charge on any atom is 0.326 e. The molecule has 1 aliphatic heterocycles. The molecular formula is C13H14FNO4. The van der Waals surface area contributed by atoms with Gasteiger partial charge >= 0.3 is 5.97 Å². The molecule has 0 aliphatic carbocycles. The second kappa shape index (κ2) is 4.97. The number of aliphatic hydroxyl groups excluding tert-OH is 1. The van der Waals surface area contributed by atoms with E-state index in [0.29, 0.717) is 5.56 Å². The number of aryl methyl sites for hydroxylation is 1. The Morgan fingerprint density at radius 1 is 1.42 bits per heavy atom. The third-order valence-electron chi connectivity index (χ3n) is 3.25. The highest BCUT2D eigenvalue weighted by Gasteiger charge is 2.39. The van der Waals surface area contributed by atoms with Crippen LogP contribution in [0.3, 0.4) is 0 Å². The Labute approximate surface area is 109 Å². The summed E-state index contributed by atoms with van der Waals surface area (Å²) in [4.78, 5) is 24.2. The number of halogens is 1. The number of carbonyl (C=O) groups is 2. The maximum absolute atomic E-state index is 13.9. The Balaban J connectivity index is 2.33. The van der Waals surface area contributed by atoms with Crippen molar-refractivity contribution in [3.63, 3.8) is 0 Å². The highest BCUT2D eigenvalue weighted by Crippen LogP contribution is 2.22. The minimum Gasteiger partial charge on any atom is -0.480 e. The summed E-state index contributed by atoms with van der Waals surface area (Å²) in [6.45, 7) is 1.43. The minimum absolute atomic E-state index is 0.0332. The number of hydrogen-bond acceptors (Lipinski definition) is 3. The number of β-amino-alcohol motifs (C(OH)–C–C–N with tert-alkyl or cyclic N) is 1. The van der Waals surface area contributed by atoms with Crippen LogP contribution < -0.4 is 0 Å². The molecule has 5 nitrogen and oxygen atoms in total. The van der Waals surface area contributed by atoms with Crippen molar-refractivity contribution in [1.29, 1.82) is 0 Å². The summed E-state index contributed by atoms with van der Waals surface area (Å²) < 4.78 is 13.9. The van der Waals surface area contributed by atoms with Crippen molar-refractivity contribution in [3.8, 4) is 0 Å². The third kappa shape index (κ3) is 2.44. The Morgan fingerprint density at radius 2 is 2.11 bits per heavy atom. The molecule has 0 spiro atoms. The van der Waals surface area contributed by atoms with Gasteiger partial charge in [0, 0.05) is 13.0 Å². The van der Waals surface area contributed by atoms with Crippen molar-refractivity contribution in [3.05, 3.63) is 35.1 Å². The predicted molar refractivity (Wildman–Crippen MR) is 64.2 cm³/mol. The van der Waals surface area contributed by atoms with Gasteiger partial charge in [-0.3, -0.25) is 4.79 Å². The number of nitrogens with zero attached hydrogens (tertiary/aromatic N) is 1. The molecule has 19 heavy (non-hydrogen) atoms. The largest absolute Gasteiger partial charge is 0.480 e. The normalized spacial score (nSPS) is 22.6. The highest BCUT2D eigenvalue weighted by molar-refractivity contribution is 5.97. The third-order valence-corrected chi connectivity index (χ3v) is 3.25. The fraction of sp³-hybridized carbons (Fsp3) is 0.385. The number of rotatable bonds is 2. The lowest BCUT2D eigenvalue weighted by atomic mass is 10.1. The molecule has 0 unspecified atom stereocenters. The number of carbonyl (C=O) groups excluding carboxylic acids is 1. The number of aliphatic carboxylic acids is 1. The lowest BCUT2D eigenvalue weighted by Gasteiger charge is -2.21. The van der Waals surface area contributed by atoms with Crippen molar-refractivity contribution in [2.75, 3.05) is 6.54 Å². The van der Waals surface area contributed by atoms with Gasteiger partial charge in [0.2, 0.25) is 0 Å². The number of aliphatic hydroxyl groups is 1. The fourth-order valence-electron chi connectivity index (χ4n) is 2.24. The monoisotopic (exact) mass is 267 g/mol. The number of hydrogen-bond donors (Lipinski definition) is 2. The van der Waals surface area contributed by atoms with E-state index in [1.807, 2.05) is 0 Å². The molecule has 6 heteroatoms. The van der Waals surface area contributed by atoms with E-state index in [0.717, 1.165) is 4.90 Å². The highest BCUT2D eigenvalue weighted by atomic mass is 19.1.